The number of unbranched alkanes of at least 4 members (excludes halogenated alkanes) is 6. The monoisotopic (exact) mass is 786 g/mol. The van der Waals surface area contributed by atoms with E-state index in [1.54, 1.807) is 11.1 Å². The van der Waals surface area contributed by atoms with Crippen molar-refractivity contribution in [3.63, 3.8) is 0 Å². The fourth-order valence-electron chi connectivity index (χ4n) is 6.90. The summed E-state index contributed by atoms with van der Waals surface area (Å²) in [4.78, 5) is 9.59. The molecule has 3 aromatic rings. The molecule has 5 nitrogen and oxygen atoms in total. The summed E-state index contributed by atoms with van der Waals surface area (Å²) in [6.45, 7) is 14.1. The van der Waals surface area contributed by atoms with Gasteiger partial charge in [-0.2, -0.15) is 0 Å². The van der Waals surface area contributed by atoms with Gasteiger partial charge in [-0.15, -0.1) is 0 Å². The Kier molecular flexibility index (Phi) is 26.1. The molecular formula is C45H72O5P2S. The summed E-state index contributed by atoms with van der Waals surface area (Å²) < 4.78 is 31.5. The zero-order chi connectivity index (χ0) is 39.4. The number of benzene rings is 3. The van der Waals surface area contributed by atoms with Gasteiger partial charge in [0.15, 0.2) is 0 Å². The van der Waals surface area contributed by atoms with E-state index in [-0.39, 0.29) is 0 Å². The first kappa shape index (κ1) is 48.9. The van der Waals surface area contributed by atoms with Gasteiger partial charge in [0, 0.05) is 20.1 Å². The Morgan fingerprint density at radius 1 is 0.491 bits per heavy atom. The molecule has 0 N–H and O–H groups in total. The molecule has 0 heterocycles. The van der Waals surface area contributed by atoms with Crippen molar-refractivity contribution in [2.24, 2.45) is 0 Å². The second-order valence-corrected chi connectivity index (χ2v) is 24.7. The maximum absolute atomic E-state index is 10.5. The molecule has 0 aliphatic heterocycles. The van der Waals surface area contributed by atoms with Gasteiger partial charge < -0.3 is 14.5 Å². The number of rotatable bonds is 24. The molecule has 0 aromatic heterocycles. The van der Waals surface area contributed by atoms with E-state index >= 15 is 0 Å². The van der Waals surface area contributed by atoms with Crippen LogP contribution >= 0.6 is 14.5 Å². The number of carbonyl (C=O) groups is 1. The Hall–Kier alpha value is -2.10. The molecule has 0 saturated heterocycles. The van der Waals surface area contributed by atoms with Gasteiger partial charge in [0.2, 0.25) is 0 Å². The highest BCUT2D eigenvalue weighted by molar-refractivity contribution is 7.85. The largest absolute Gasteiger partial charge is 0.744 e. The molecule has 0 aliphatic carbocycles. The van der Waals surface area contributed by atoms with Gasteiger partial charge in [-0.1, -0.05) is 159 Å². The van der Waals surface area contributed by atoms with Crippen molar-refractivity contribution in [2.45, 2.75) is 136 Å². The summed E-state index contributed by atoms with van der Waals surface area (Å²) in [6.07, 6.45) is 28.7. The smallest absolute Gasteiger partial charge is 0.125 e. The molecule has 0 saturated carbocycles. The maximum atomic E-state index is 10.5. The zero-order valence-corrected chi connectivity index (χ0v) is 36.7. The number of carboxylic acids is 1. The molecule has 3 aromatic carbocycles. The van der Waals surface area contributed by atoms with Crippen molar-refractivity contribution < 1.29 is 22.9 Å². The first-order valence-corrected chi connectivity index (χ1v) is 27.0. The van der Waals surface area contributed by atoms with Gasteiger partial charge in [0.25, 0.3) is 0 Å². The van der Waals surface area contributed by atoms with Crippen LogP contribution in [0.25, 0.3) is 0 Å². The Morgan fingerprint density at radius 2 is 0.774 bits per heavy atom. The van der Waals surface area contributed by atoms with Crippen LogP contribution in [-0.2, 0) is 22.4 Å². The van der Waals surface area contributed by atoms with E-state index in [2.05, 4.69) is 102 Å². The van der Waals surface area contributed by atoms with Gasteiger partial charge >= 0.3 is 0 Å². The van der Waals surface area contributed by atoms with E-state index in [9.17, 15) is 22.9 Å². The van der Waals surface area contributed by atoms with Crippen molar-refractivity contribution in [1.29, 1.82) is 0 Å². The number of aromatic carboxylic acids is 1. The van der Waals surface area contributed by atoms with Crippen molar-refractivity contribution in [3.05, 3.63) is 102 Å². The molecule has 0 bridgehead atoms. The average molecular weight is 787 g/mol. The molecular weight excluding hydrogens is 715 g/mol. The predicted molar refractivity (Wildman–Crippen MR) is 232 cm³/mol. The maximum Gasteiger partial charge on any atom is 0.125 e. The van der Waals surface area contributed by atoms with E-state index in [0.29, 0.717) is 0 Å². The summed E-state index contributed by atoms with van der Waals surface area (Å²) in [5.74, 6) is -1.69. The lowest BCUT2D eigenvalue weighted by molar-refractivity contribution is -0.255. The first-order chi connectivity index (χ1) is 25.4. The minimum atomic E-state index is -4.75. The molecule has 0 aliphatic rings. The van der Waals surface area contributed by atoms with E-state index in [4.69, 9.17) is 0 Å². The van der Waals surface area contributed by atoms with Crippen LogP contribution in [0.4, 0.5) is 0 Å². The molecule has 3 rings (SSSR count). The number of carbonyl (C=O) groups excluding carboxylic acids is 1. The van der Waals surface area contributed by atoms with E-state index in [1.165, 1.54) is 138 Å². The summed E-state index contributed by atoms with van der Waals surface area (Å²) in [5.41, 5.74) is 2.56. The van der Waals surface area contributed by atoms with Crippen LogP contribution in [0.3, 0.4) is 0 Å². The van der Waals surface area contributed by atoms with Crippen LogP contribution in [0.15, 0.2) is 89.8 Å². The topological polar surface area (TPSA) is 97.3 Å². The van der Waals surface area contributed by atoms with Crippen LogP contribution in [0.1, 0.15) is 140 Å². The van der Waals surface area contributed by atoms with Crippen LogP contribution in [0, 0.1) is 0 Å². The van der Waals surface area contributed by atoms with Gasteiger partial charge in [-0.25, -0.2) is 8.42 Å². The third-order valence-electron chi connectivity index (χ3n) is 10.0. The highest BCUT2D eigenvalue weighted by atomic mass is 32.2. The third-order valence-corrected chi connectivity index (χ3v) is 20.6. The van der Waals surface area contributed by atoms with Gasteiger partial charge in [-0.3, -0.25) is 0 Å². The molecule has 0 spiro atoms. The minimum absolute atomic E-state index is 0.613. The Labute approximate surface area is 326 Å². The predicted octanol–water partition coefficient (Wildman–Crippen LogP) is 12.2. The number of carboxylic acid groups (broad SMARTS) is 1. The quantitative estimate of drug-likeness (QED) is 0.0665. The normalized spacial score (nSPS) is 11.6. The summed E-state index contributed by atoms with van der Waals surface area (Å²) >= 11 is 0. The second kappa shape index (κ2) is 28.3. The molecule has 8 heteroatoms. The highest BCUT2D eigenvalue weighted by Crippen LogP contribution is 2.64. The first-order valence-electron chi connectivity index (χ1n) is 20.5. The summed E-state index contributed by atoms with van der Waals surface area (Å²) in [7, 11) is -6.28. The lowest BCUT2D eigenvalue weighted by Gasteiger charge is -2.28. The summed E-state index contributed by atoms with van der Waals surface area (Å²) in [6, 6.07) is 27.0. The van der Waals surface area contributed by atoms with Gasteiger partial charge in [0.1, 0.15) is 10.1 Å². The van der Waals surface area contributed by atoms with Crippen molar-refractivity contribution in [2.75, 3.05) is 37.0 Å². The third kappa shape index (κ3) is 20.4. The fraction of sp³-hybridized carbons (Fsp3) is 0.578. The molecule has 0 unspecified atom stereocenters. The lowest BCUT2D eigenvalue weighted by Crippen LogP contribution is -2.24. The average Bonchev–Trinajstić information content (AvgIpc) is 3.17. The van der Waals surface area contributed by atoms with Crippen LogP contribution < -0.4 is 5.11 Å². The molecule has 298 valence electrons. The molecule has 0 amide bonds. The fourth-order valence-corrected chi connectivity index (χ4v) is 17.8. The molecule has 53 heavy (non-hydrogen) atoms. The lowest BCUT2D eigenvalue weighted by atomic mass is 10.2. The van der Waals surface area contributed by atoms with Crippen molar-refractivity contribution in [3.8, 4) is 0 Å². The Morgan fingerprint density at radius 3 is 1.02 bits per heavy atom. The van der Waals surface area contributed by atoms with Crippen LogP contribution in [-0.4, -0.2) is 55.9 Å². The van der Waals surface area contributed by atoms with Crippen molar-refractivity contribution >= 4 is 30.6 Å². The molecule has 0 atom stereocenters. The molecule has 0 radical (unpaired) electrons. The minimum Gasteiger partial charge on any atom is -0.744 e. The Balaban J connectivity index is 0.000000407. The Bertz CT molecular complexity index is 1350. The van der Waals surface area contributed by atoms with E-state index < -0.39 is 41.1 Å². The zero-order valence-electron chi connectivity index (χ0n) is 34.1. The van der Waals surface area contributed by atoms with E-state index in [0.717, 1.165) is 12.1 Å². The molecule has 0 fully saturated rings. The standard InChI is InChI=1S/2C19H34P.C7H6O5S/c2*1-4-7-15-20(16-8-5-2,17-9-6-3)18-19-13-11-10-12-14-19;8-7(9)5-3-1-2-4-6(5)13(10,11)12/h2*10-14H,4-9,15-18H2,1-3H3;1-4H,(H,8,9)(H,10,11,12)/q2*+1;/p-2. The number of hydrogen-bond donors (Lipinski definition) is 0. The van der Waals surface area contributed by atoms with Crippen molar-refractivity contribution in [1.82, 2.24) is 0 Å². The SMILES string of the molecule is CCCC[P+](CCCC)(CCCC)Cc1ccccc1.CCCC[P+](CCCC)(CCCC)Cc1ccccc1.O=C([O-])c1ccccc1S(=O)(=O)[O-]. The number of hydrogen-bond acceptors (Lipinski definition) is 5. The van der Waals surface area contributed by atoms with Gasteiger partial charge in [0.05, 0.1) is 60.2 Å². The second-order valence-electron chi connectivity index (χ2n) is 14.7. The highest BCUT2D eigenvalue weighted by Gasteiger charge is 2.36. The van der Waals surface area contributed by atoms with Crippen LogP contribution in [0.5, 0.6) is 0 Å². The van der Waals surface area contributed by atoms with Crippen LogP contribution in [0.2, 0.25) is 0 Å². The van der Waals surface area contributed by atoms with E-state index in [1.807, 2.05) is 0 Å². The summed E-state index contributed by atoms with van der Waals surface area (Å²) in [5, 5.41) is 10.4. The van der Waals surface area contributed by atoms with Gasteiger partial charge in [-0.05, 0) is 55.7 Å².